The van der Waals surface area contributed by atoms with Crippen LogP contribution < -0.4 is 5.32 Å². The summed E-state index contributed by atoms with van der Waals surface area (Å²) in [6, 6.07) is 11.8. The van der Waals surface area contributed by atoms with Gasteiger partial charge in [-0.2, -0.15) is 5.10 Å². The van der Waals surface area contributed by atoms with Gasteiger partial charge in [-0.15, -0.1) is 5.10 Å². The molecular weight excluding hydrogens is 332 g/mol. The second-order valence-electron chi connectivity index (χ2n) is 6.07. The van der Waals surface area contributed by atoms with Gasteiger partial charge in [0, 0.05) is 30.1 Å². The maximum atomic E-state index is 12.1. The van der Waals surface area contributed by atoms with E-state index in [9.17, 15) is 4.79 Å². The van der Waals surface area contributed by atoms with E-state index in [4.69, 9.17) is 0 Å². The zero-order valence-corrected chi connectivity index (χ0v) is 15.1. The lowest BCUT2D eigenvalue weighted by Gasteiger charge is -2.08. The van der Waals surface area contributed by atoms with Crippen LogP contribution in [0.3, 0.4) is 0 Å². The van der Waals surface area contributed by atoms with Gasteiger partial charge in [-0.3, -0.25) is 9.78 Å². The number of rotatable bonds is 5. The fourth-order valence-corrected chi connectivity index (χ4v) is 3.12. The number of carbonyl (C=O) groups excluding carboxylic acids is 1. The second-order valence-corrected chi connectivity index (χ2v) is 7.12. The zero-order valence-electron chi connectivity index (χ0n) is 14.3. The highest BCUT2D eigenvalue weighted by atomic mass is 32.2. The molecule has 128 valence electrons. The summed E-state index contributed by atoms with van der Waals surface area (Å²) < 4.78 is 0. The summed E-state index contributed by atoms with van der Waals surface area (Å²) in [5.41, 5.74) is 4.00. The number of amides is 1. The number of anilines is 1. The van der Waals surface area contributed by atoms with E-state index in [1.54, 1.807) is 12.4 Å². The van der Waals surface area contributed by atoms with Crippen LogP contribution in [-0.4, -0.2) is 27.4 Å². The second kappa shape index (κ2) is 8.07. The van der Waals surface area contributed by atoms with E-state index in [-0.39, 0.29) is 5.91 Å². The first-order chi connectivity index (χ1) is 12.1. The topological polar surface area (TPSA) is 66.7 Å². The maximum absolute atomic E-state index is 12.1. The van der Waals surface area contributed by atoms with Gasteiger partial charge in [0.25, 0.3) is 0 Å². The van der Waals surface area contributed by atoms with Crippen LogP contribution in [0.1, 0.15) is 37.3 Å². The van der Waals surface area contributed by atoms with E-state index in [0.717, 1.165) is 22.0 Å². The van der Waals surface area contributed by atoms with Crippen molar-refractivity contribution in [3.63, 3.8) is 0 Å². The first-order valence-corrected chi connectivity index (χ1v) is 9.17. The average molecular weight is 352 g/mol. The molecule has 0 bridgehead atoms. The molecule has 0 spiro atoms. The molecule has 3 rings (SSSR count). The van der Waals surface area contributed by atoms with Crippen molar-refractivity contribution in [2.24, 2.45) is 10.2 Å². The van der Waals surface area contributed by atoms with Crippen molar-refractivity contribution in [3.8, 4) is 0 Å². The van der Waals surface area contributed by atoms with E-state index < -0.39 is 0 Å². The highest BCUT2D eigenvalue weighted by molar-refractivity contribution is 8.14. The van der Waals surface area contributed by atoms with Crippen LogP contribution in [0.15, 0.2) is 59.0 Å². The Kier molecular flexibility index (Phi) is 5.60. The molecule has 6 heteroatoms. The molecule has 0 saturated heterocycles. The molecule has 1 aliphatic heterocycles. The average Bonchev–Trinajstić information content (AvgIpc) is 3.10. The minimum atomic E-state index is -0.0395. The lowest BCUT2D eigenvalue weighted by atomic mass is 10.0. The summed E-state index contributed by atoms with van der Waals surface area (Å²) in [6.07, 6.45) is 4.13. The van der Waals surface area contributed by atoms with Crippen LogP contribution in [0.25, 0.3) is 0 Å². The highest BCUT2D eigenvalue weighted by Crippen LogP contribution is 2.20. The Morgan fingerprint density at radius 3 is 2.52 bits per heavy atom. The fraction of sp³-hybridized carbons (Fsp3) is 0.263. The summed E-state index contributed by atoms with van der Waals surface area (Å²) >= 11 is 1.43. The molecule has 0 aliphatic carbocycles. The number of aromatic nitrogens is 1. The maximum Gasteiger partial charge on any atom is 0.234 e. The Hall–Kier alpha value is -2.47. The lowest BCUT2D eigenvalue weighted by Crippen LogP contribution is -2.15. The number of pyridine rings is 1. The van der Waals surface area contributed by atoms with Gasteiger partial charge in [0.05, 0.1) is 11.5 Å². The van der Waals surface area contributed by atoms with Gasteiger partial charge in [-0.05, 0) is 35.7 Å². The van der Waals surface area contributed by atoms with Gasteiger partial charge < -0.3 is 5.32 Å². The van der Waals surface area contributed by atoms with Crippen molar-refractivity contribution >= 4 is 34.1 Å². The highest BCUT2D eigenvalue weighted by Gasteiger charge is 2.16. The normalized spacial score (nSPS) is 13.6. The summed E-state index contributed by atoms with van der Waals surface area (Å²) in [5.74, 6) is 0.766. The van der Waals surface area contributed by atoms with Gasteiger partial charge in [-0.1, -0.05) is 37.7 Å². The summed E-state index contributed by atoms with van der Waals surface area (Å²) in [6.45, 7) is 4.30. The van der Waals surface area contributed by atoms with Gasteiger partial charge in [0.2, 0.25) is 5.91 Å². The molecule has 5 nitrogen and oxygen atoms in total. The Labute approximate surface area is 151 Å². The molecule has 1 N–H and O–H groups in total. The number of thioether (sulfide) groups is 1. The molecule has 0 unspecified atom stereocenters. The van der Waals surface area contributed by atoms with Gasteiger partial charge in [-0.25, -0.2) is 0 Å². The Balaban J connectivity index is 1.46. The van der Waals surface area contributed by atoms with Crippen LogP contribution in [0.5, 0.6) is 0 Å². The fourth-order valence-electron chi connectivity index (χ4n) is 2.41. The van der Waals surface area contributed by atoms with Crippen LogP contribution >= 0.6 is 11.8 Å². The van der Waals surface area contributed by atoms with Crippen molar-refractivity contribution in [2.45, 2.75) is 26.2 Å². The molecule has 1 amide bonds. The van der Waals surface area contributed by atoms with Crippen molar-refractivity contribution in [1.29, 1.82) is 0 Å². The Morgan fingerprint density at radius 2 is 1.84 bits per heavy atom. The molecule has 0 atom stereocenters. The van der Waals surface area contributed by atoms with Crippen molar-refractivity contribution in [3.05, 3.63) is 59.9 Å². The Bertz CT molecular complexity index is 798. The minimum Gasteiger partial charge on any atom is -0.325 e. The van der Waals surface area contributed by atoms with Crippen molar-refractivity contribution in [1.82, 2.24) is 4.98 Å². The lowest BCUT2D eigenvalue weighted by molar-refractivity contribution is -0.113. The number of carbonyl (C=O) groups is 1. The van der Waals surface area contributed by atoms with Gasteiger partial charge in [0.1, 0.15) is 5.04 Å². The third-order valence-corrected chi connectivity index (χ3v) is 4.81. The summed E-state index contributed by atoms with van der Waals surface area (Å²) in [7, 11) is 0. The predicted octanol–water partition coefficient (Wildman–Crippen LogP) is 4.08. The van der Waals surface area contributed by atoms with Crippen LogP contribution in [-0.2, 0) is 4.79 Å². The third-order valence-electron chi connectivity index (χ3n) is 3.85. The number of benzene rings is 1. The molecule has 25 heavy (non-hydrogen) atoms. The van der Waals surface area contributed by atoms with Crippen LogP contribution in [0.4, 0.5) is 5.69 Å². The largest absolute Gasteiger partial charge is 0.325 e. The van der Waals surface area contributed by atoms with Gasteiger partial charge in [0.15, 0.2) is 0 Å². The molecule has 0 saturated carbocycles. The molecule has 2 heterocycles. The SMILES string of the molecule is CC(C)c1ccc(NC(=O)CSC2=NN=C(c3ccncc3)C2)cc1. The van der Waals surface area contributed by atoms with E-state index in [1.807, 2.05) is 36.4 Å². The van der Waals surface area contributed by atoms with Crippen LogP contribution in [0.2, 0.25) is 0 Å². The summed E-state index contributed by atoms with van der Waals surface area (Å²) in [5, 5.41) is 12.1. The van der Waals surface area contributed by atoms with Crippen LogP contribution in [0, 0.1) is 0 Å². The van der Waals surface area contributed by atoms with E-state index in [0.29, 0.717) is 18.1 Å². The molecule has 0 radical (unpaired) electrons. The Morgan fingerprint density at radius 1 is 1.12 bits per heavy atom. The van der Waals surface area contributed by atoms with Gasteiger partial charge >= 0.3 is 0 Å². The molecule has 1 aromatic carbocycles. The molecular formula is C19H20N4OS. The molecule has 2 aromatic rings. The molecule has 1 aliphatic rings. The van der Waals surface area contributed by atoms with E-state index >= 15 is 0 Å². The summed E-state index contributed by atoms with van der Waals surface area (Å²) in [4.78, 5) is 16.1. The van der Waals surface area contributed by atoms with Crippen molar-refractivity contribution < 1.29 is 4.79 Å². The first kappa shape index (κ1) is 17.4. The number of nitrogens with one attached hydrogen (secondary N) is 1. The number of hydrogen-bond acceptors (Lipinski definition) is 5. The predicted molar refractivity (Wildman–Crippen MR) is 104 cm³/mol. The quantitative estimate of drug-likeness (QED) is 0.881. The molecule has 0 fully saturated rings. The number of nitrogens with zero attached hydrogens (tertiary/aromatic N) is 3. The third kappa shape index (κ3) is 4.76. The van der Waals surface area contributed by atoms with E-state index in [1.165, 1.54) is 17.3 Å². The number of hydrogen-bond donors (Lipinski definition) is 1. The smallest absolute Gasteiger partial charge is 0.234 e. The zero-order chi connectivity index (χ0) is 17.6. The standard InChI is InChI=1S/C19H20N4OS/c1-13(2)14-3-5-16(6-4-14)21-18(24)12-25-19-11-17(22-23-19)15-7-9-20-10-8-15/h3-10,13H,11-12H2,1-2H3,(H,21,24). The van der Waals surface area contributed by atoms with Crippen molar-refractivity contribution in [2.75, 3.05) is 11.1 Å². The monoisotopic (exact) mass is 352 g/mol. The molecule has 1 aromatic heterocycles. The van der Waals surface area contributed by atoms with E-state index in [2.05, 4.69) is 34.4 Å². The first-order valence-electron chi connectivity index (χ1n) is 8.18. The minimum absolute atomic E-state index is 0.0395.